The van der Waals surface area contributed by atoms with Crippen molar-refractivity contribution in [3.8, 4) is 0 Å². The number of H-pyrrole nitrogens is 1. The predicted octanol–water partition coefficient (Wildman–Crippen LogP) is 4.77. The molecule has 3 heterocycles. The highest BCUT2D eigenvalue weighted by Gasteiger charge is 2.33. The molecule has 0 radical (unpaired) electrons. The summed E-state index contributed by atoms with van der Waals surface area (Å²) in [5.74, 6) is 0.181. The van der Waals surface area contributed by atoms with Crippen molar-refractivity contribution in [2.45, 2.75) is 25.3 Å². The molecule has 2 aromatic carbocycles. The van der Waals surface area contributed by atoms with Crippen LogP contribution in [0.25, 0.3) is 10.9 Å². The number of fused-ring (bicyclic) bond motifs is 1. The number of aromatic amines is 1. The lowest BCUT2D eigenvalue weighted by molar-refractivity contribution is -0.00702. The van der Waals surface area contributed by atoms with E-state index < -0.39 is 10.3 Å². The number of piperidine rings is 1. The molecule has 5 rings (SSSR count). The number of para-hydroxylation sites is 1. The van der Waals surface area contributed by atoms with Crippen molar-refractivity contribution in [1.82, 2.24) is 24.2 Å². The van der Waals surface area contributed by atoms with Crippen molar-refractivity contribution in [3.05, 3.63) is 69.3 Å². The molecule has 40 heavy (non-hydrogen) atoms. The molecule has 2 aliphatic rings. The van der Waals surface area contributed by atoms with Crippen molar-refractivity contribution in [1.29, 1.82) is 0 Å². The van der Waals surface area contributed by atoms with Gasteiger partial charge in [-0.15, -0.1) is 12.4 Å². The Morgan fingerprint density at radius 3 is 2.23 bits per heavy atom. The summed E-state index contributed by atoms with van der Waals surface area (Å²) >= 11 is 13.0. The Bertz CT molecular complexity index is 1430. The van der Waals surface area contributed by atoms with Crippen LogP contribution >= 0.6 is 35.6 Å². The number of likely N-dealkylation sites (tertiary alicyclic amines) is 1. The number of piperazine rings is 1. The first-order chi connectivity index (χ1) is 18.6. The summed E-state index contributed by atoms with van der Waals surface area (Å²) < 4.78 is 31.1. The molecule has 0 saturated carbocycles. The van der Waals surface area contributed by atoms with Crippen molar-refractivity contribution in [3.63, 3.8) is 0 Å². The highest BCUT2D eigenvalue weighted by atomic mass is 35.5. The minimum Gasteiger partial charge on any atom is -0.350 e. The van der Waals surface area contributed by atoms with E-state index >= 15 is 0 Å². The monoisotopic (exact) mass is 629 g/mol. The number of nitrogens with zero attached hydrogens (tertiary/aromatic N) is 4. The molecule has 9 nitrogen and oxygen atoms in total. The Labute approximate surface area is 251 Å². The van der Waals surface area contributed by atoms with Gasteiger partial charge in [-0.25, -0.2) is 0 Å². The van der Waals surface area contributed by atoms with Gasteiger partial charge in [0.15, 0.2) is 0 Å². The molecule has 1 amide bonds. The minimum atomic E-state index is -3.88. The van der Waals surface area contributed by atoms with E-state index in [2.05, 4.69) is 9.88 Å². The molecule has 2 fully saturated rings. The summed E-state index contributed by atoms with van der Waals surface area (Å²) in [6, 6.07) is 13.6. The zero-order valence-corrected chi connectivity index (χ0v) is 25.6. The van der Waals surface area contributed by atoms with Gasteiger partial charge in [0.2, 0.25) is 0 Å². The highest BCUT2D eigenvalue weighted by molar-refractivity contribution is 7.84. The second-order valence-electron chi connectivity index (χ2n) is 10.2. The molecule has 0 atom stereocenters. The molecule has 0 aliphatic carbocycles. The summed E-state index contributed by atoms with van der Waals surface area (Å²) in [7, 11) is -0.850. The fraction of sp³-hybridized carbons (Fsp3) is 0.444. The van der Waals surface area contributed by atoms with Crippen LogP contribution in [0.4, 0.5) is 0 Å². The molecule has 1 N–H and O–H groups in total. The van der Waals surface area contributed by atoms with Crippen LogP contribution in [0.5, 0.6) is 0 Å². The van der Waals surface area contributed by atoms with Crippen molar-refractivity contribution in [2.24, 2.45) is 0 Å². The Kier molecular flexibility index (Phi) is 10.1. The molecule has 2 saturated heterocycles. The van der Waals surface area contributed by atoms with Crippen LogP contribution in [0.1, 0.15) is 40.4 Å². The van der Waals surface area contributed by atoms with E-state index in [0.717, 1.165) is 53.0 Å². The summed E-state index contributed by atoms with van der Waals surface area (Å²) in [4.78, 5) is 21.2. The molecule has 0 bridgehead atoms. The molecule has 3 aromatic rings. The maximum absolute atomic E-state index is 13.7. The molecular formula is C27H34Cl3N5O4S. The lowest BCUT2D eigenvalue weighted by Crippen LogP contribution is -2.51. The van der Waals surface area contributed by atoms with Crippen LogP contribution in [0.2, 0.25) is 10.0 Å². The first-order valence-electron chi connectivity index (χ1n) is 13.1. The lowest BCUT2D eigenvalue weighted by atomic mass is 9.89. The van der Waals surface area contributed by atoms with Crippen molar-refractivity contribution < 1.29 is 17.5 Å². The first-order valence-corrected chi connectivity index (χ1v) is 15.2. The number of carbonyl (C=O) groups excluding carboxylic acids is 1. The average Bonchev–Trinajstić information content (AvgIpc) is 3.27. The van der Waals surface area contributed by atoms with E-state index in [4.69, 9.17) is 27.5 Å². The topological polar surface area (TPSA) is 89.2 Å². The number of aromatic nitrogens is 1. The third-order valence-corrected chi connectivity index (χ3v) is 9.63. The van der Waals surface area contributed by atoms with Crippen LogP contribution in [-0.4, -0.2) is 91.8 Å². The predicted molar refractivity (Wildman–Crippen MR) is 160 cm³/mol. The molecule has 1 aromatic heterocycles. The Morgan fingerprint density at radius 2 is 1.60 bits per heavy atom. The first kappa shape index (κ1) is 31.1. The maximum atomic E-state index is 13.7. The zero-order valence-electron chi connectivity index (χ0n) is 22.5. The Morgan fingerprint density at radius 1 is 0.975 bits per heavy atom. The van der Waals surface area contributed by atoms with Crippen LogP contribution < -0.4 is 0 Å². The van der Waals surface area contributed by atoms with Crippen LogP contribution in [-0.2, 0) is 21.1 Å². The summed E-state index contributed by atoms with van der Waals surface area (Å²) in [5.41, 5.74) is 3.47. The van der Waals surface area contributed by atoms with Gasteiger partial charge in [0.25, 0.3) is 5.91 Å². The van der Waals surface area contributed by atoms with E-state index in [1.807, 2.05) is 42.5 Å². The number of rotatable bonds is 7. The summed E-state index contributed by atoms with van der Waals surface area (Å²) in [6.45, 7) is 3.29. The van der Waals surface area contributed by atoms with Gasteiger partial charge in [-0.2, -0.15) is 22.1 Å². The van der Waals surface area contributed by atoms with Gasteiger partial charge in [-0.05, 0) is 55.6 Å². The van der Waals surface area contributed by atoms with Gasteiger partial charge < -0.3 is 9.88 Å². The standard InChI is InChI=1S/C27H33Cl2N5O4S.ClH/c1-31(2)38-39(36,37)34-16-14-33(15-17-34)27(35)26-21(20-6-3-4-9-24(20)30-26)18-32-12-10-19(11-13-32)25-22(28)7-5-8-23(25)29;/h3-9,19,30H,10-18H2,1-2H3;1H. The van der Waals surface area contributed by atoms with E-state index in [1.54, 1.807) is 4.90 Å². The number of hydrogen-bond acceptors (Lipinski definition) is 6. The van der Waals surface area contributed by atoms with Gasteiger partial charge >= 0.3 is 10.3 Å². The lowest BCUT2D eigenvalue weighted by Gasteiger charge is -2.34. The molecule has 13 heteroatoms. The smallest absolute Gasteiger partial charge is 0.350 e. The second-order valence-corrected chi connectivity index (χ2v) is 12.6. The Balaban J connectivity index is 0.00000370. The van der Waals surface area contributed by atoms with Crippen LogP contribution in [0.15, 0.2) is 42.5 Å². The van der Waals surface area contributed by atoms with Gasteiger partial charge in [-0.1, -0.05) is 47.5 Å². The van der Waals surface area contributed by atoms with Crippen LogP contribution in [0.3, 0.4) is 0 Å². The number of amides is 1. The number of hydrogen-bond donors (Lipinski definition) is 1. The second kappa shape index (κ2) is 13.0. The molecule has 0 spiro atoms. The van der Waals surface area contributed by atoms with Gasteiger partial charge in [0.05, 0.1) is 0 Å². The summed E-state index contributed by atoms with van der Waals surface area (Å²) in [5, 5.41) is 3.60. The maximum Gasteiger partial charge on any atom is 0.354 e. The number of hydroxylamine groups is 2. The normalized spacial score (nSPS) is 17.9. The van der Waals surface area contributed by atoms with Gasteiger partial charge in [0.1, 0.15) is 5.69 Å². The minimum absolute atomic E-state index is 0. The largest absolute Gasteiger partial charge is 0.354 e. The highest BCUT2D eigenvalue weighted by Crippen LogP contribution is 2.38. The number of nitrogens with one attached hydrogen (secondary N) is 1. The fourth-order valence-corrected chi connectivity index (χ4v) is 7.35. The van der Waals surface area contributed by atoms with E-state index in [-0.39, 0.29) is 44.5 Å². The van der Waals surface area contributed by atoms with E-state index in [0.29, 0.717) is 28.2 Å². The molecule has 2 aliphatic heterocycles. The quantitative estimate of drug-likeness (QED) is 0.379. The third kappa shape index (κ3) is 6.60. The fourth-order valence-electron chi connectivity index (χ4n) is 5.56. The zero-order chi connectivity index (χ0) is 27.7. The van der Waals surface area contributed by atoms with Gasteiger partial charge in [-0.3, -0.25) is 9.69 Å². The van der Waals surface area contributed by atoms with Crippen molar-refractivity contribution >= 4 is 62.7 Å². The van der Waals surface area contributed by atoms with Crippen LogP contribution in [0, 0.1) is 0 Å². The third-order valence-electron chi connectivity index (χ3n) is 7.49. The number of halogens is 3. The average molecular weight is 631 g/mol. The molecular weight excluding hydrogens is 597 g/mol. The molecule has 0 unspecified atom stereocenters. The van der Waals surface area contributed by atoms with Gasteiger partial charge in [0, 0.05) is 73.3 Å². The van der Waals surface area contributed by atoms with Crippen molar-refractivity contribution in [2.75, 3.05) is 53.4 Å². The Hall–Kier alpha value is -1.89. The van der Waals surface area contributed by atoms with E-state index in [1.165, 1.54) is 18.4 Å². The summed E-state index contributed by atoms with van der Waals surface area (Å²) in [6.07, 6.45) is 1.86. The van der Waals surface area contributed by atoms with E-state index in [9.17, 15) is 13.2 Å². The number of carbonyl (C=O) groups is 1. The molecule has 218 valence electrons. The number of benzene rings is 2. The SMILES string of the molecule is CN(C)OS(=O)(=O)N1CCN(C(=O)c2[nH]c3ccccc3c2CN2CCC(c3c(Cl)cccc3Cl)CC2)CC1.Cl.